The monoisotopic (exact) mass is 311 g/mol. The molecular weight excluding hydrogens is 293 g/mol. The van der Waals surface area contributed by atoms with Crippen LogP contribution in [0, 0.1) is 18.8 Å². The third kappa shape index (κ3) is 4.09. The van der Waals surface area contributed by atoms with E-state index in [0.717, 1.165) is 23.7 Å². The van der Waals surface area contributed by atoms with Crippen molar-refractivity contribution >= 4 is 42.1 Å². The molecule has 0 aromatic carbocycles. The lowest BCUT2D eigenvalue weighted by Crippen LogP contribution is -2.49. The highest BCUT2D eigenvalue weighted by Gasteiger charge is 2.28. The Balaban J connectivity index is 0.00000144. The van der Waals surface area contributed by atoms with Gasteiger partial charge in [0.1, 0.15) is 0 Å². The molecule has 0 bridgehead atoms. The Morgan fingerprint density at radius 3 is 2.72 bits per heavy atom. The van der Waals surface area contributed by atoms with Gasteiger partial charge < -0.3 is 10.6 Å². The summed E-state index contributed by atoms with van der Waals surface area (Å²) in [6.45, 7) is 6.51. The van der Waals surface area contributed by atoms with Crippen LogP contribution in [0.25, 0.3) is 0 Å². The Kier molecular flexibility index (Phi) is 7.78. The lowest BCUT2D eigenvalue weighted by atomic mass is 9.88. The van der Waals surface area contributed by atoms with Crippen LogP contribution in [0.15, 0.2) is 5.51 Å². The molecule has 0 radical (unpaired) electrons. The van der Waals surface area contributed by atoms with E-state index in [0.29, 0.717) is 12.5 Å². The molecule has 1 amide bonds. The number of nitrogens with one attached hydrogen (secondary N) is 2. The number of nitrogens with zero attached hydrogens (tertiary/aromatic N) is 1. The van der Waals surface area contributed by atoms with E-state index in [1.54, 1.807) is 11.3 Å². The van der Waals surface area contributed by atoms with E-state index in [9.17, 15) is 4.79 Å². The molecule has 0 aliphatic carbocycles. The van der Waals surface area contributed by atoms with Crippen LogP contribution < -0.4 is 10.6 Å². The molecule has 1 aliphatic heterocycles. The molecule has 4 nitrogen and oxygen atoms in total. The van der Waals surface area contributed by atoms with E-state index < -0.39 is 0 Å². The lowest BCUT2D eigenvalue weighted by molar-refractivity contribution is -0.126. The van der Waals surface area contributed by atoms with Gasteiger partial charge in [0.15, 0.2) is 0 Å². The zero-order valence-corrected chi connectivity index (χ0v) is 12.9. The Labute approximate surface area is 124 Å². The summed E-state index contributed by atoms with van der Waals surface area (Å²) in [4.78, 5) is 17.1. The summed E-state index contributed by atoms with van der Waals surface area (Å²) in [5, 5.41) is 6.17. The number of halogens is 2. The molecule has 18 heavy (non-hydrogen) atoms. The third-order valence-electron chi connectivity index (χ3n) is 3.20. The smallest absolute Gasteiger partial charge is 0.223 e. The number of rotatable bonds is 4. The van der Waals surface area contributed by atoms with E-state index in [1.807, 2.05) is 19.4 Å². The molecule has 0 saturated carbocycles. The quantitative estimate of drug-likeness (QED) is 0.891. The van der Waals surface area contributed by atoms with Gasteiger partial charge in [0.05, 0.1) is 17.7 Å². The first kappa shape index (κ1) is 17.6. The van der Waals surface area contributed by atoms with Crippen LogP contribution in [-0.4, -0.2) is 24.0 Å². The maximum Gasteiger partial charge on any atom is 0.223 e. The summed E-state index contributed by atoms with van der Waals surface area (Å²) in [5.74, 6) is 0.760. The number of carbonyl (C=O) groups is 1. The minimum absolute atomic E-state index is 0. The van der Waals surface area contributed by atoms with Crippen molar-refractivity contribution in [1.82, 2.24) is 15.6 Å². The van der Waals surface area contributed by atoms with E-state index in [2.05, 4.69) is 15.6 Å². The molecule has 1 unspecified atom stereocenters. The van der Waals surface area contributed by atoms with Crippen LogP contribution in [0.2, 0.25) is 0 Å². The fourth-order valence-corrected chi connectivity index (χ4v) is 2.42. The molecule has 2 heterocycles. The van der Waals surface area contributed by atoms with Crippen molar-refractivity contribution in [2.75, 3.05) is 13.1 Å². The van der Waals surface area contributed by atoms with Crippen molar-refractivity contribution in [2.45, 2.75) is 20.4 Å². The number of hydrogen-bond donors (Lipinski definition) is 2. The van der Waals surface area contributed by atoms with Crippen LogP contribution in [0.5, 0.6) is 0 Å². The van der Waals surface area contributed by atoms with Crippen molar-refractivity contribution < 1.29 is 4.79 Å². The summed E-state index contributed by atoms with van der Waals surface area (Å²) in [7, 11) is 0. The number of carbonyl (C=O) groups excluding carboxylic acids is 1. The lowest BCUT2D eigenvalue weighted by Gasteiger charge is -2.31. The molecule has 0 spiro atoms. The topological polar surface area (TPSA) is 54.0 Å². The van der Waals surface area contributed by atoms with Gasteiger partial charge >= 0.3 is 0 Å². The maximum atomic E-state index is 11.8. The molecule has 104 valence electrons. The molecular formula is C11H19Cl2N3OS. The maximum absolute atomic E-state index is 11.8. The fraction of sp³-hybridized carbons (Fsp3) is 0.636. The van der Waals surface area contributed by atoms with Crippen molar-refractivity contribution in [1.29, 1.82) is 0 Å². The van der Waals surface area contributed by atoms with Crippen LogP contribution in [0.4, 0.5) is 0 Å². The second-order valence-corrected chi connectivity index (χ2v) is 5.23. The van der Waals surface area contributed by atoms with E-state index in [-0.39, 0.29) is 36.6 Å². The predicted octanol–water partition coefficient (Wildman–Crippen LogP) is 1.77. The largest absolute Gasteiger partial charge is 0.351 e. The highest BCUT2D eigenvalue weighted by atomic mass is 35.5. The summed E-state index contributed by atoms with van der Waals surface area (Å²) in [5.41, 5.74) is 2.83. The molecule has 1 aliphatic rings. The van der Waals surface area contributed by atoms with Crippen molar-refractivity contribution in [3.63, 3.8) is 0 Å². The van der Waals surface area contributed by atoms with Gasteiger partial charge in [-0.25, -0.2) is 4.98 Å². The third-order valence-corrected chi connectivity index (χ3v) is 4.14. The molecule has 1 saturated heterocycles. The van der Waals surface area contributed by atoms with Crippen molar-refractivity contribution in [3.05, 3.63) is 16.1 Å². The van der Waals surface area contributed by atoms with Gasteiger partial charge in [0.2, 0.25) is 5.91 Å². The van der Waals surface area contributed by atoms with Crippen LogP contribution in [0.1, 0.15) is 17.5 Å². The predicted molar refractivity (Wildman–Crippen MR) is 78.7 cm³/mol. The fourth-order valence-electron chi connectivity index (χ4n) is 1.70. The standard InChI is InChI=1S/C11H17N3OS.2ClH/c1-7(9-3-12-4-9)11(15)13-5-10-8(2)14-6-16-10;;/h6-7,9,12H,3-5H2,1-2H3,(H,13,15);2*1H. The summed E-state index contributed by atoms with van der Waals surface area (Å²) in [6.07, 6.45) is 0. The first-order valence-corrected chi connectivity index (χ1v) is 6.44. The zero-order valence-electron chi connectivity index (χ0n) is 10.4. The Morgan fingerprint density at radius 2 is 2.28 bits per heavy atom. The van der Waals surface area contributed by atoms with Crippen LogP contribution in [0.3, 0.4) is 0 Å². The normalized spacial score (nSPS) is 15.9. The number of aryl methyl sites for hydroxylation is 1. The average molecular weight is 312 g/mol. The average Bonchev–Trinajstić information content (AvgIpc) is 2.57. The highest BCUT2D eigenvalue weighted by molar-refractivity contribution is 7.09. The van der Waals surface area contributed by atoms with Crippen LogP contribution >= 0.6 is 36.2 Å². The van der Waals surface area contributed by atoms with Gasteiger partial charge in [0.25, 0.3) is 0 Å². The number of thiazole rings is 1. The number of hydrogen-bond acceptors (Lipinski definition) is 4. The Bertz CT molecular complexity index is 382. The summed E-state index contributed by atoms with van der Waals surface area (Å²) < 4.78 is 0. The Hall–Kier alpha value is -0.360. The molecule has 1 atom stereocenters. The van der Waals surface area contributed by atoms with Gasteiger partial charge in [0, 0.05) is 10.8 Å². The minimum atomic E-state index is 0. The van der Waals surface area contributed by atoms with Crippen LogP contribution in [-0.2, 0) is 11.3 Å². The second kappa shape index (κ2) is 7.94. The SMILES string of the molecule is Cc1ncsc1CNC(=O)C(C)C1CNC1.Cl.Cl. The molecule has 2 rings (SSSR count). The van der Waals surface area contributed by atoms with Gasteiger partial charge in [-0.15, -0.1) is 36.2 Å². The van der Waals surface area contributed by atoms with E-state index in [4.69, 9.17) is 0 Å². The highest BCUT2D eigenvalue weighted by Crippen LogP contribution is 2.17. The first-order chi connectivity index (χ1) is 7.68. The summed E-state index contributed by atoms with van der Waals surface area (Å²) in [6, 6.07) is 0. The van der Waals surface area contributed by atoms with E-state index in [1.165, 1.54) is 0 Å². The van der Waals surface area contributed by atoms with Gasteiger partial charge in [-0.2, -0.15) is 0 Å². The number of aromatic nitrogens is 1. The molecule has 1 aromatic rings. The van der Waals surface area contributed by atoms with E-state index >= 15 is 0 Å². The molecule has 2 N–H and O–H groups in total. The number of amides is 1. The van der Waals surface area contributed by atoms with Gasteiger partial charge in [-0.05, 0) is 25.9 Å². The second-order valence-electron chi connectivity index (χ2n) is 4.29. The first-order valence-electron chi connectivity index (χ1n) is 5.56. The molecule has 1 aromatic heterocycles. The summed E-state index contributed by atoms with van der Waals surface area (Å²) >= 11 is 1.59. The molecule has 7 heteroatoms. The molecule has 1 fully saturated rings. The van der Waals surface area contributed by atoms with Crippen molar-refractivity contribution in [3.8, 4) is 0 Å². The van der Waals surface area contributed by atoms with Gasteiger partial charge in [-0.1, -0.05) is 6.92 Å². The zero-order chi connectivity index (χ0) is 11.5. The minimum Gasteiger partial charge on any atom is -0.351 e. The van der Waals surface area contributed by atoms with Crippen molar-refractivity contribution in [2.24, 2.45) is 11.8 Å². The Morgan fingerprint density at radius 1 is 1.61 bits per heavy atom. The van der Waals surface area contributed by atoms with Gasteiger partial charge in [-0.3, -0.25) is 4.79 Å².